The summed E-state index contributed by atoms with van der Waals surface area (Å²) in [5.74, 6) is 0.968. The van der Waals surface area contributed by atoms with Crippen LogP contribution < -0.4 is 11.1 Å². The van der Waals surface area contributed by atoms with Gasteiger partial charge in [0.15, 0.2) is 0 Å². The molecule has 0 unspecified atom stereocenters. The predicted octanol–water partition coefficient (Wildman–Crippen LogP) is 2.32. The molecule has 0 spiro atoms. The molecule has 24 heavy (non-hydrogen) atoms. The lowest BCUT2D eigenvalue weighted by Gasteiger charge is -2.27. The van der Waals surface area contributed by atoms with Crippen molar-refractivity contribution in [2.75, 3.05) is 11.1 Å². The quantitative estimate of drug-likeness (QED) is 0.588. The van der Waals surface area contributed by atoms with Crippen LogP contribution in [0.4, 0.5) is 11.8 Å². The van der Waals surface area contributed by atoms with Gasteiger partial charge in [-0.25, -0.2) is 4.98 Å². The smallest absolute Gasteiger partial charge is 0.222 e. The number of nitrogen functional groups attached to an aromatic ring is 1. The van der Waals surface area contributed by atoms with E-state index in [1.807, 2.05) is 24.3 Å². The zero-order chi connectivity index (χ0) is 16.5. The molecule has 1 fully saturated rings. The van der Waals surface area contributed by atoms with E-state index in [9.17, 15) is 5.11 Å². The van der Waals surface area contributed by atoms with Gasteiger partial charge in [-0.15, -0.1) is 0 Å². The van der Waals surface area contributed by atoms with E-state index >= 15 is 0 Å². The first-order chi connectivity index (χ1) is 11.7. The van der Waals surface area contributed by atoms with Crippen molar-refractivity contribution in [3.8, 4) is 11.3 Å². The van der Waals surface area contributed by atoms with Crippen molar-refractivity contribution in [2.24, 2.45) is 0 Å². The fourth-order valence-electron chi connectivity index (χ4n) is 3.33. The second kappa shape index (κ2) is 6.09. The largest absolute Gasteiger partial charge is 0.393 e. The van der Waals surface area contributed by atoms with Crippen molar-refractivity contribution in [3.05, 3.63) is 30.5 Å². The van der Waals surface area contributed by atoms with E-state index in [4.69, 9.17) is 5.73 Å². The molecule has 1 aliphatic carbocycles. The van der Waals surface area contributed by atoms with E-state index < -0.39 is 0 Å². The minimum Gasteiger partial charge on any atom is -0.393 e. The molecular formula is C17H20N6O. The van der Waals surface area contributed by atoms with Gasteiger partial charge in [-0.3, -0.25) is 5.10 Å². The number of benzene rings is 1. The van der Waals surface area contributed by atoms with Gasteiger partial charge in [0, 0.05) is 23.2 Å². The molecule has 7 nitrogen and oxygen atoms in total. The number of aliphatic hydroxyl groups excluding tert-OH is 1. The zero-order valence-corrected chi connectivity index (χ0v) is 13.2. The summed E-state index contributed by atoms with van der Waals surface area (Å²) in [7, 11) is 0. The van der Waals surface area contributed by atoms with Crippen LogP contribution in [0.5, 0.6) is 0 Å². The molecule has 2 aromatic heterocycles. The molecule has 5 N–H and O–H groups in total. The first-order valence-electron chi connectivity index (χ1n) is 8.20. The number of hydrogen-bond acceptors (Lipinski definition) is 6. The van der Waals surface area contributed by atoms with Crippen LogP contribution >= 0.6 is 0 Å². The maximum atomic E-state index is 9.86. The maximum Gasteiger partial charge on any atom is 0.222 e. The number of aromatic nitrogens is 4. The average molecular weight is 324 g/mol. The van der Waals surface area contributed by atoms with Crippen molar-refractivity contribution in [1.29, 1.82) is 0 Å². The van der Waals surface area contributed by atoms with Gasteiger partial charge in [0.2, 0.25) is 5.95 Å². The topological polar surface area (TPSA) is 113 Å². The fraction of sp³-hybridized carbons (Fsp3) is 0.353. The van der Waals surface area contributed by atoms with Crippen molar-refractivity contribution < 1.29 is 5.11 Å². The van der Waals surface area contributed by atoms with Gasteiger partial charge in [0.1, 0.15) is 5.82 Å². The molecule has 0 amide bonds. The normalized spacial score (nSPS) is 21.0. The molecule has 2 atom stereocenters. The summed E-state index contributed by atoms with van der Waals surface area (Å²) >= 11 is 0. The van der Waals surface area contributed by atoms with E-state index in [-0.39, 0.29) is 18.1 Å². The summed E-state index contributed by atoms with van der Waals surface area (Å²) in [6, 6.07) is 8.09. The Labute approximate surface area is 139 Å². The standard InChI is InChI=1S/C17H20N6O/c18-17-21-15-8-10(14-6-7-19-23-14)4-5-13(15)16(22-17)20-11-2-1-3-12(24)9-11/h4-8,11-12,24H,1-3,9H2,(H,19,23)(H3,18,20,21,22)/t11-,12+/m1/s1. The molecule has 7 heteroatoms. The summed E-state index contributed by atoms with van der Waals surface area (Å²) in [6.45, 7) is 0. The van der Waals surface area contributed by atoms with Gasteiger partial charge in [0.25, 0.3) is 0 Å². The minimum atomic E-state index is -0.242. The zero-order valence-electron chi connectivity index (χ0n) is 13.2. The molecular weight excluding hydrogens is 304 g/mol. The Kier molecular flexibility index (Phi) is 3.78. The molecule has 1 saturated carbocycles. The summed E-state index contributed by atoms with van der Waals surface area (Å²) in [5.41, 5.74) is 8.61. The van der Waals surface area contributed by atoms with Crippen LogP contribution in [0.1, 0.15) is 25.7 Å². The molecule has 4 rings (SSSR count). The summed E-state index contributed by atoms with van der Waals surface area (Å²) in [6.07, 6.45) is 5.12. The van der Waals surface area contributed by atoms with Gasteiger partial charge in [-0.1, -0.05) is 6.07 Å². The SMILES string of the molecule is Nc1nc(N[C@@H]2CCC[C@H](O)C2)c2ccc(-c3ccn[nH]3)cc2n1. The van der Waals surface area contributed by atoms with Crippen LogP contribution in [0.15, 0.2) is 30.5 Å². The van der Waals surface area contributed by atoms with Crippen LogP contribution in [0.2, 0.25) is 0 Å². The van der Waals surface area contributed by atoms with Crippen molar-refractivity contribution >= 4 is 22.7 Å². The molecule has 3 aromatic rings. The number of aromatic amines is 1. The van der Waals surface area contributed by atoms with Gasteiger partial charge in [0.05, 0.1) is 17.3 Å². The van der Waals surface area contributed by atoms with Gasteiger partial charge in [-0.2, -0.15) is 10.1 Å². The highest BCUT2D eigenvalue weighted by molar-refractivity contribution is 5.92. The Balaban J connectivity index is 1.70. The van der Waals surface area contributed by atoms with E-state index in [1.54, 1.807) is 6.20 Å². The van der Waals surface area contributed by atoms with E-state index in [0.717, 1.165) is 53.7 Å². The first-order valence-corrected chi connectivity index (χ1v) is 8.20. The van der Waals surface area contributed by atoms with E-state index in [2.05, 4.69) is 25.5 Å². The first kappa shape index (κ1) is 14.9. The molecule has 124 valence electrons. The Morgan fingerprint density at radius 1 is 1.21 bits per heavy atom. The molecule has 0 bridgehead atoms. The number of anilines is 2. The number of aliphatic hydroxyl groups is 1. The minimum absolute atomic E-state index is 0.207. The van der Waals surface area contributed by atoms with Crippen LogP contribution in [-0.4, -0.2) is 37.4 Å². The number of nitrogens with one attached hydrogen (secondary N) is 2. The number of H-pyrrole nitrogens is 1. The fourth-order valence-corrected chi connectivity index (χ4v) is 3.33. The van der Waals surface area contributed by atoms with Crippen molar-refractivity contribution in [1.82, 2.24) is 20.2 Å². The summed E-state index contributed by atoms with van der Waals surface area (Å²) < 4.78 is 0. The van der Waals surface area contributed by atoms with Crippen molar-refractivity contribution in [3.63, 3.8) is 0 Å². The monoisotopic (exact) mass is 324 g/mol. The summed E-state index contributed by atoms with van der Waals surface area (Å²) in [5, 5.41) is 21.2. The third-order valence-electron chi connectivity index (χ3n) is 4.51. The molecule has 0 saturated heterocycles. The second-order valence-corrected chi connectivity index (χ2v) is 6.29. The van der Waals surface area contributed by atoms with Gasteiger partial charge in [-0.05, 0) is 43.9 Å². The lowest BCUT2D eigenvalue weighted by atomic mass is 9.93. The van der Waals surface area contributed by atoms with Crippen molar-refractivity contribution in [2.45, 2.75) is 37.8 Å². The van der Waals surface area contributed by atoms with Gasteiger partial charge >= 0.3 is 0 Å². The molecule has 2 heterocycles. The lowest BCUT2D eigenvalue weighted by Crippen LogP contribution is -2.30. The highest BCUT2D eigenvalue weighted by atomic mass is 16.3. The average Bonchev–Trinajstić information content (AvgIpc) is 3.08. The van der Waals surface area contributed by atoms with Crippen LogP contribution in [0.3, 0.4) is 0 Å². The summed E-state index contributed by atoms with van der Waals surface area (Å²) in [4.78, 5) is 8.72. The number of fused-ring (bicyclic) bond motifs is 1. The number of rotatable bonds is 3. The molecule has 1 aromatic carbocycles. The van der Waals surface area contributed by atoms with E-state index in [0.29, 0.717) is 0 Å². The van der Waals surface area contributed by atoms with Crippen LogP contribution in [0.25, 0.3) is 22.2 Å². The third kappa shape index (κ3) is 2.90. The Morgan fingerprint density at radius 2 is 2.12 bits per heavy atom. The molecule has 0 aliphatic heterocycles. The predicted molar refractivity (Wildman–Crippen MR) is 93.4 cm³/mol. The lowest BCUT2D eigenvalue weighted by molar-refractivity contribution is 0.124. The number of nitrogens with two attached hydrogens (primary N) is 1. The Hall–Kier alpha value is -2.67. The van der Waals surface area contributed by atoms with Crippen LogP contribution in [0, 0.1) is 0 Å². The Bertz CT molecular complexity index is 848. The number of hydrogen-bond donors (Lipinski definition) is 4. The number of nitrogens with zero attached hydrogens (tertiary/aromatic N) is 3. The Morgan fingerprint density at radius 3 is 2.92 bits per heavy atom. The highest BCUT2D eigenvalue weighted by Gasteiger charge is 2.21. The van der Waals surface area contributed by atoms with Gasteiger partial charge < -0.3 is 16.2 Å². The van der Waals surface area contributed by atoms with Crippen LogP contribution in [-0.2, 0) is 0 Å². The third-order valence-corrected chi connectivity index (χ3v) is 4.51. The molecule has 1 aliphatic rings. The molecule has 0 radical (unpaired) electrons. The highest BCUT2D eigenvalue weighted by Crippen LogP contribution is 2.29. The maximum absolute atomic E-state index is 9.86. The van der Waals surface area contributed by atoms with E-state index in [1.165, 1.54) is 0 Å². The second-order valence-electron chi connectivity index (χ2n) is 6.29.